The molecular weight excluding hydrogens is 346 g/mol. The molecule has 0 saturated heterocycles. The normalized spacial score (nSPS) is 10.7. The van der Waals surface area contributed by atoms with Crippen molar-refractivity contribution in [2.75, 3.05) is 19.6 Å². The third-order valence-corrected chi connectivity index (χ3v) is 5.09. The van der Waals surface area contributed by atoms with Crippen molar-refractivity contribution in [3.63, 3.8) is 0 Å². The lowest BCUT2D eigenvalue weighted by molar-refractivity contribution is 0.0766. The van der Waals surface area contributed by atoms with Crippen molar-refractivity contribution in [2.45, 2.75) is 13.3 Å². The summed E-state index contributed by atoms with van der Waals surface area (Å²) in [6.45, 7) is 3.40. The van der Waals surface area contributed by atoms with E-state index in [9.17, 15) is 4.79 Å². The van der Waals surface area contributed by atoms with Gasteiger partial charge in [-0.15, -0.1) is 11.3 Å². The van der Waals surface area contributed by atoms with Gasteiger partial charge in [0.1, 0.15) is 4.88 Å². The van der Waals surface area contributed by atoms with E-state index in [1.54, 1.807) is 23.4 Å². The number of benzene rings is 1. The van der Waals surface area contributed by atoms with E-state index in [2.05, 4.69) is 27.1 Å². The van der Waals surface area contributed by atoms with E-state index >= 15 is 0 Å². The maximum atomic E-state index is 13.0. The van der Waals surface area contributed by atoms with Gasteiger partial charge in [-0.1, -0.05) is 30.3 Å². The number of carbonyl (C=O) groups is 1. The molecule has 2 N–H and O–H groups in total. The fraction of sp³-hybridized carbons (Fsp3) is 0.263. The molecule has 0 aliphatic carbocycles. The molecule has 0 atom stereocenters. The van der Waals surface area contributed by atoms with E-state index in [0.717, 1.165) is 6.42 Å². The highest BCUT2D eigenvalue weighted by atomic mass is 32.1. The molecule has 0 saturated carbocycles. The van der Waals surface area contributed by atoms with Crippen LogP contribution in [0.25, 0.3) is 10.8 Å². The van der Waals surface area contributed by atoms with E-state index < -0.39 is 0 Å². The number of carbonyl (C=O) groups excluding carboxylic acids is 1. The average molecular weight is 367 g/mol. The van der Waals surface area contributed by atoms with Crippen molar-refractivity contribution < 1.29 is 4.79 Å². The van der Waals surface area contributed by atoms with Crippen LogP contribution in [0.1, 0.15) is 20.9 Å². The van der Waals surface area contributed by atoms with Gasteiger partial charge >= 0.3 is 0 Å². The monoisotopic (exact) mass is 367 g/mol. The lowest BCUT2D eigenvalue weighted by atomic mass is 10.1. The minimum atomic E-state index is -0.0384. The van der Waals surface area contributed by atoms with Crippen molar-refractivity contribution in [3.05, 3.63) is 64.9 Å². The fourth-order valence-electron chi connectivity index (χ4n) is 2.62. The Morgan fingerprint density at radius 2 is 1.85 bits per heavy atom. The lowest BCUT2D eigenvalue weighted by Crippen LogP contribution is -2.36. The number of nitrogens with zero attached hydrogens (tertiary/aromatic N) is 4. The smallest absolute Gasteiger partial charge is 0.265 e. The molecule has 0 unspecified atom stereocenters. The number of nitrogens with two attached hydrogens (primary N) is 1. The number of hydrogen-bond donors (Lipinski definition) is 1. The minimum Gasteiger partial charge on any atom is -0.336 e. The summed E-state index contributed by atoms with van der Waals surface area (Å²) >= 11 is 1.33. The zero-order valence-electron chi connectivity index (χ0n) is 14.6. The molecule has 6 nitrogen and oxygen atoms in total. The van der Waals surface area contributed by atoms with Gasteiger partial charge in [-0.3, -0.25) is 4.79 Å². The van der Waals surface area contributed by atoms with Crippen LogP contribution in [0.5, 0.6) is 0 Å². The lowest BCUT2D eigenvalue weighted by Gasteiger charge is -2.21. The molecule has 0 aliphatic rings. The molecule has 3 aromatic rings. The van der Waals surface area contributed by atoms with Gasteiger partial charge in [0, 0.05) is 32.0 Å². The molecule has 1 amide bonds. The fourth-order valence-corrected chi connectivity index (χ4v) is 3.61. The quantitative estimate of drug-likeness (QED) is 0.694. The summed E-state index contributed by atoms with van der Waals surface area (Å²) in [6.07, 6.45) is 4.13. The zero-order valence-corrected chi connectivity index (χ0v) is 15.4. The molecule has 0 fully saturated rings. The van der Waals surface area contributed by atoms with Gasteiger partial charge in [0.05, 0.1) is 5.69 Å². The minimum absolute atomic E-state index is 0.0384. The van der Waals surface area contributed by atoms with Crippen LogP contribution < -0.4 is 5.73 Å². The summed E-state index contributed by atoms with van der Waals surface area (Å²) in [6, 6.07) is 11.9. The molecule has 0 radical (unpaired) electrons. The van der Waals surface area contributed by atoms with Crippen LogP contribution in [0.2, 0.25) is 0 Å². The summed E-state index contributed by atoms with van der Waals surface area (Å²) < 4.78 is 0. The van der Waals surface area contributed by atoms with Crippen LogP contribution in [0.3, 0.4) is 0 Å². The summed E-state index contributed by atoms with van der Waals surface area (Å²) in [4.78, 5) is 28.3. The molecule has 134 valence electrons. The Bertz CT molecular complexity index is 851. The predicted octanol–water partition coefficient (Wildman–Crippen LogP) is 2.55. The Morgan fingerprint density at radius 3 is 2.54 bits per heavy atom. The topological polar surface area (TPSA) is 85.0 Å². The third-order valence-electron chi connectivity index (χ3n) is 3.95. The van der Waals surface area contributed by atoms with Crippen molar-refractivity contribution in [1.29, 1.82) is 0 Å². The highest BCUT2D eigenvalue weighted by Crippen LogP contribution is 2.26. The number of amides is 1. The van der Waals surface area contributed by atoms with Crippen LogP contribution in [-0.4, -0.2) is 45.4 Å². The van der Waals surface area contributed by atoms with E-state index in [0.29, 0.717) is 41.0 Å². The van der Waals surface area contributed by atoms with Gasteiger partial charge in [0.2, 0.25) is 0 Å². The first-order valence-electron chi connectivity index (χ1n) is 8.47. The van der Waals surface area contributed by atoms with E-state index in [1.807, 2.05) is 25.1 Å². The first kappa shape index (κ1) is 18.2. The van der Waals surface area contributed by atoms with Crippen LogP contribution in [0, 0.1) is 6.92 Å². The van der Waals surface area contributed by atoms with Crippen LogP contribution in [0.4, 0.5) is 0 Å². The Balaban J connectivity index is 1.77. The van der Waals surface area contributed by atoms with Crippen molar-refractivity contribution in [2.24, 2.45) is 5.73 Å². The number of aryl methyl sites for hydroxylation is 1. The molecule has 2 heterocycles. The van der Waals surface area contributed by atoms with E-state index in [1.165, 1.54) is 16.9 Å². The molecule has 1 aromatic carbocycles. The van der Waals surface area contributed by atoms with Crippen LogP contribution >= 0.6 is 11.3 Å². The predicted molar refractivity (Wildman–Crippen MR) is 103 cm³/mol. The van der Waals surface area contributed by atoms with Gasteiger partial charge in [-0.25, -0.2) is 15.0 Å². The summed E-state index contributed by atoms with van der Waals surface area (Å²) in [7, 11) is 0. The zero-order chi connectivity index (χ0) is 18.4. The second-order valence-corrected chi connectivity index (χ2v) is 6.82. The molecule has 0 spiro atoms. The van der Waals surface area contributed by atoms with Crippen molar-refractivity contribution >= 4 is 17.2 Å². The number of thiazole rings is 1. The highest BCUT2D eigenvalue weighted by molar-refractivity contribution is 7.17. The Hall–Kier alpha value is -2.64. The van der Waals surface area contributed by atoms with Gasteiger partial charge in [-0.05, 0) is 25.0 Å². The molecule has 7 heteroatoms. The standard InChI is InChI=1S/C19H21N5OS/c1-14-16(26-18(23-14)17-21-10-5-11-22-17)19(25)24(13-9-20)12-8-15-6-3-2-4-7-15/h2-7,10-11H,8-9,12-13,20H2,1H3. The number of rotatable bonds is 7. The van der Waals surface area contributed by atoms with Crippen molar-refractivity contribution in [1.82, 2.24) is 19.9 Å². The number of aromatic nitrogens is 3. The summed E-state index contributed by atoms with van der Waals surface area (Å²) in [5.74, 6) is 0.498. The van der Waals surface area contributed by atoms with Crippen LogP contribution in [-0.2, 0) is 6.42 Å². The maximum Gasteiger partial charge on any atom is 0.265 e. The van der Waals surface area contributed by atoms with Gasteiger partial charge in [0.15, 0.2) is 10.8 Å². The van der Waals surface area contributed by atoms with Gasteiger partial charge in [-0.2, -0.15) is 0 Å². The Kier molecular flexibility index (Phi) is 6.04. The summed E-state index contributed by atoms with van der Waals surface area (Å²) in [5.41, 5.74) is 7.62. The van der Waals surface area contributed by atoms with E-state index in [4.69, 9.17) is 5.73 Å². The highest BCUT2D eigenvalue weighted by Gasteiger charge is 2.22. The van der Waals surface area contributed by atoms with Crippen LogP contribution in [0.15, 0.2) is 48.8 Å². The molecule has 3 rings (SSSR count). The summed E-state index contributed by atoms with van der Waals surface area (Å²) in [5, 5.41) is 0.655. The number of hydrogen-bond acceptors (Lipinski definition) is 6. The first-order chi connectivity index (χ1) is 12.7. The van der Waals surface area contributed by atoms with Crippen molar-refractivity contribution in [3.8, 4) is 10.8 Å². The SMILES string of the molecule is Cc1nc(-c2ncccn2)sc1C(=O)N(CCN)CCc1ccccc1. The first-order valence-corrected chi connectivity index (χ1v) is 9.28. The molecule has 2 aromatic heterocycles. The molecular formula is C19H21N5OS. The molecule has 0 bridgehead atoms. The second kappa shape index (κ2) is 8.64. The largest absolute Gasteiger partial charge is 0.336 e. The Labute approximate surface area is 156 Å². The van der Waals surface area contributed by atoms with E-state index in [-0.39, 0.29) is 5.91 Å². The maximum absolute atomic E-state index is 13.0. The average Bonchev–Trinajstić information content (AvgIpc) is 3.08. The van der Waals surface area contributed by atoms with Gasteiger partial charge in [0.25, 0.3) is 5.91 Å². The molecule has 0 aliphatic heterocycles. The molecule has 26 heavy (non-hydrogen) atoms. The second-order valence-electron chi connectivity index (χ2n) is 5.82. The third kappa shape index (κ3) is 4.30. The Morgan fingerprint density at radius 1 is 1.12 bits per heavy atom. The van der Waals surface area contributed by atoms with Gasteiger partial charge < -0.3 is 10.6 Å².